The van der Waals surface area contributed by atoms with Gasteiger partial charge in [0.1, 0.15) is 22.9 Å². The van der Waals surface area contributed by atoms with Crippen molar-refractivity contribution in [3.05, 3.63) is 78.4 Å². The van der Waals surface area contributed by atoms with Crippen molar-refractivity contribution in [3.63, 3.8) is 0 Å². The van der Waals surface area contributed by atoms with Crippen molar-refractivity contribution in [3.8, 4) is 11.5 Å². The molecule has 1 heterocycles. The van der Waals surface area contributed by atoms with Crippen molar-refractivity contribution in [2.24, 2.45) is 0 Å². The van der Waals surface area contributed by atoms with Crippen molar-refractivity contribution >= 4 is 0 Å². The fourth-order valence-corrected chi connectivity index (χ4v) is 4.54. The average molecular weight is 463 g/mol. The van der Waals surface area contributed by atoms with E-state index < -0.39 is 5.60 Å². The highest BCUT2D eigenvalue weighted by atomic mass is 16.5. The van der Waals surface area contributed by atoms with E-state index in [1.807, 2.05) is 54.6 Å². The summed E-state index contributed by atoms with van der Waals surface area (Å²) in [6.07, 6.45) is 19.7. The van der Waals surface area contributed by atoms with E-state index >= 15 is 0 Å². The number of benzene rings is 2. The number of imidazole rings is 1. The van der Waals surface area contributed by atoms with E-state index in [1.165, 1.54) is 64.2 Å². The highest BCUT2D eigenvalue weighted by molar-refractivity contribution is 5.37. The minimum atomic E-state index is -1.12. The Morgan fingerprint density at radius 2 is 1.29 bits per heavy atom. The molecule has 184 valence electrons. The summed E-state index contributed by atoms with van der Waals surface area (Å²) in [5.74, 6) is 2.16. The number of aromatic nitrogens is 2. The molecule has 0 aliphatic rings. The van der Waals surface area contributed by atoms with E-state index in [2.05, 4.69) is 16.9 Å². The van der Waals surface area contributed by atoms with Crippen LogP contribution in [0.3, 0.4) is 0 Å². The summed E-state index contributed by atoms with van der Waals surface area (Å²) in [5.41, 5.74) is -0.279. The first-order chi connectivity index (χ1) is 16.7. The Morgan fingerprint density at radius 1 is 0.735 bits per heavy atom. The van der Waals surface area contributed by atoms with Crippen LogP contribution in [0.25, 0.3) is 0 Å². The molecule has 0 spiro atoms. The number of nitrogens with zero attached hydrogens (tertiary/aromatic N) is 1. The maximum absolute atomic E-state index is 11.7. The van der Waals surface area contributed by atoms with E-state index in [0.29, 0.717) is 12.2 Å². The molecule has 0 amide bonds. The summed E-state index contributed by atoms with van der Waals surface area (Å²) in [7, 11) is 0. The number of rotatable bonds is 17. The lowest BCUT2D eigenvalue weighted by atomic mass is 9.87. The Morgan fingerprint density at radius 3 is 1.85 bits per heavy atom. The fraction of sp³-hybridized carbons (Fsp3) is 0.500. The molecule has 1 unspecified atom stereocenters. The summed E-state index contributed by atoms with van der Waals surface area (Å²) in [6.45, 7) is 2.27. The number of hydrogen-bond donors (Lipinski definition) is 2. The maximum Gasteiger partial charge on any atom is 0.147 e. The number of aliphatic hydroxyl groups is 1. The van der Waals surface area contributed by atoms with E-state index in [4.69, 9.17) is 4.74 Å². The maximum atomic E-state index is 11.7. The number of hydrogen-bond acceptors (Lipinski definition) is 3. The molecule has 2 N–H and O–H groups in total. The molecule has 0 aliphatic heterocycles. The molecule has 0 bridgehead atoms. The number of aromatic amines is 1. The molecule has 0 saturated carbocycles. The zero-order valence-corrected chi connectivity index (χ0v) is 20.8. The third-order valence-corrected chi connectivity index (χ3v) is 6.59. The predicted molar refractivity (Wildman–Crippen MR) is 140 cm³/mol. The van der Waals surface area contributed by atoms with Gasteiger partial charge in [-0.15, -0.1) is 0 Å². The Labute approximate surface area is 205 Å². The Hall–Kier alpha value is -2.59. The molecule has 34 heavy (non-hydrogen) atoms. The third-order valence-electron chi connectivity index (χ3n) is 6.59. The molecule has 3 rings (SSSR count). The largest absolute Gasteiger partial charge is 0.457 e. The molecule has 0 saturated heterocycles. The number of ether oxygens (including phenoxy) is 1. The van der Waals surface area contributed by atoms with Crippen molar-refractivity contribution in [1.82, 2.24) is 9.97 Å². The molecule has 1 aromatic heterocycles. The van der Waals surface area contributed by atoms with Gasteiger partial charge in [-0.3, -0.25) is 0 Å². The first-order valence-corrected chi connectivity index (χ1v) is 13.3. The quantitative estimate of drug-likeness (QED) is 0.198. The molecule has 0 fully saturated rings. The van der Waals surface area contributed by atoms with Gasteiger partial charge in [0.15, 0.2) is 0 Å². The number of unbranched alkanes of at least 4 members (excludes halogenated alkanes) is 11. The van der Waals surface area contributed by atoms with Crippen molar-refractivity contribution in [2.45, 2.75) is 96.0 Å². The highest BCUT2D eigenvalue weighted by Gasteiger charge is 2.33. The van der Waals surface area contributed by atoms with Crippen LogP contribution >= 0.6 is 0 Å². The SMILES string of the molecule is CCCCCCCCCCCCCCC(O)(c1ccc(Oc2ccccc2)cc1)c1ncc[nH]1. The summed E-state index contributed by atoms with van der Waals surface area (Å²) >= 11 is 0. The van der Waals surface area contributed by atoms with E-state index in [-0.39, 0.29) is 0 Å². The van der Waals surface area contributed by atoms with Gasteiger partial charge < -0.3 is 14.8 Å². The average Bonchev–Trinajstić information content (AvgIpc) is 3.42. The van der Waals surface area contributed by atoms with Crippen LogP contribution in [0.2, 0.25) is 0 Å². The molecule has 0 aliphatic carbocycles. The lowest BCUT2D eigenvalue weighted by Crippen LogP contribution is -2.28. The topological polar surface area (TPSA) is 58.1 Å². The lowest BCUT2D eigenvalue weighted by molar-refractivity contribution is 0.0593. The van der Waals surface area contributed by atoms with Crippen LogP contribution in [0.5, 0.6) is 11.5 Å². The summed E-state index contributed by atoms with van der Waals surface area (Å²) in [5, 5.41) is 11.7. The Bertz CT molecular complexity index is 893. The summed E-state index contributed by atoms with van der Waals surface area (Å²) in [4.78, 5) is 7.53. The summed E-state index contributed by atoms with van der Waals surface area (Å²) < 4.78 is 5.91. The van der Waals surface area contributed by atoms with Crippen molar-refractivity contribution < 1.29 is 9.84 Å². The highest BCUT2D eigenvalue weighted by Crippen LogP contribution is 2.34. The second-order valence-electron chi connectivity index (χ2n) is 9.38. The van der Waals surface area contributed by atoms with Crippen molar-refractivity contribution in [2.75, 3.05) is 0 Å². The monoisotopic (exact) mass is 462 g/mol. The molecule has 0 radical (unpaired) electrons. The first-order valence-electron chi connectivity index (χ1n) is 13.3. The molecule has 3 aromatic rings. The van der Waals surface area contributed by atoms with Crippen LogP contribution in [0.15, 0.2) is 67.0 Å². The smallest absolute Gasteiger partial charge is 0.147 e. The van der Waals surface area contributed by atoms with E-state index in [0.717, 1.165) is 29.9 Å². The minimum Gasteiger partial charge on any atom is -0.457 e. The number of para-hydroxylation sites is 1. The molecular weight excluding hydrogens is 420 g/mol. The van der Waals surface area contributed by atoms with Crippen molar-refractivity contribution in [1.29, 1.82) is 0 Å². The predicted octanol–water partition coefficient (Wildman–Crippen LogP) is 8.53. The Balaban J connectivity index is 1.44. The zero-order valence-electron chi connectivity index (χ0n) is 20.8. The van der Waals surface area contributed by atoms with Gasteiger partial charge >= 0.3 is 0 Å². The summed E-state index contributed by atoms with van der Waals surface area (Å²) in [6, 6.07) is 17.5. The van der Waals surface area contributed by atoms with Crippen LogP contribution in [-0.2, 0) is 5.60 Å². The van der Waals surface area contributed by atoms with Crippen LogP contribution in [0.1, 0.15) is 102 Å². The van der Waals surface area contributed by atoms with Gasteiger partial charge in [0.25, 0.3) is 0 Å². The minimum absolute atomic E-state index is 0.604. The van der Waals surface area contributed by atoms with Gasteiger partial charge in [0.2, 0.25) is 0 Å². The van der Waals surface area contributed by atoms with Gasteiger partial charge in [-0.25, -0.2) is 4.98 Å². The van der Waals surface area contributed by atoms with E-state index in [9.17, 15) is 5.11 Å². The van der Waals surface area contributed by atoms with Crippen LogP contribution < -0.4 is 4.74 Å². The second kappa shape index (κ2) is 14.6. The number of H-pyrrole nitrogens is 1. The normalized spacial score (nSPS) is 13.0. The molecular formula is C30H42N2O2. The zero-order chi connectivity index (χ0) is 23.9. The Kier molecular flexibility index (Phi) is 11.2. The molecule has 1 atom stereocenters. The molecule has 2 aromatic carbocycles. The van der Waals surface area contributed by atoms with Crippen LogP contribution in [-0.4, -0.2) is 15.1 Å². The molecule has 4 nitrogen and oxygen atoms in total. The van der Waals surface area contributed by atoms with Gasteiger partial charge in [-0.2, -0.15) is 0 Å². The fourth-order valence-electron chi connectivity index (χ4n) is 4.54. The van der Waals surface area contributed by atoms with Gasteiger partial charge in [-0.05, 0) is 42.7 Å². The molecule has 4 heteroatoms. The van der Waals surface area contributed by atoms with E-state index in [1.54, 1.807) is 12.4 Å². The van der Waals surface area contributed by atoms with Gasteiger partial charge in [0.05, 0.1) is 0 Å². The lowest BCUT2D eigenvalue weighted by Gasteiger charge is -2.27. The van der Waals surface area contributed by atoms with Gasteiger partial charge in [0, 0.05) is 12.4 Å². The third kappa shape index (κ3) is 8.32. The standard InChI is InChI=1S/C30H42N2O2/c1-2-3-4-5-6-7-8-9-10-11-12-16-23-30(33,29-31-24-25-32-29)26-19-21-28(22-20-26)34-27-17-14-13-15-18-27/h13-15,17-22,24-25,33H,2-12,16,23H2,1H3,(H,31,32). The van der Waals surface area contributed by atoms with Gasteiger partial charge in [-0.1, -0.05) is 108 Å². The second-order valence-corrected chi connectivity index (χ2v) is 9.38. The van der Waals surface area contributed by atoms with Crippen LogP contribution in [0.4, 0.5) is 0 Å². The number of nitrogens with one attached hydrogen (secondary N) is 1. The first kappa shape index (κ1) is 26.0. The van der Waals surface area contributed by atoms with Crippen LogP contribution in [0, 0.1) is 0 Å².